The number of hydrogen-bond acceptors (Lipinski definition) is 10. The van der Waals surface area contributed by atoms with E-state index in [0.29, 0.717) is 47.0 Å². The van der Waals surface area contributed by atoms with Gasteiger partial charge in [0.25, 0.3) is 5.91 Å². The van der Waals surface area contributed by atoms with E-state index in [1.54, 1.807) is 0 Å². The van der Waals surface area contributed by atoms with Gasteiger partial charge in [-0.05, 0) is 137 Å². The van der Waals surface area contributed by atoms with Gasteiger partial charge >= 0.3 is 0 Å². The zero-order valence-corrected chi connectivity index (χ0v) is 33.0. The molecule has 5 aliphatic heterocycles. The lowest BCUT2D eigenvalue weighted by Gasteiger charge is -2.39. The molecule has 56 heavy (non-hydrogen) atoms. The third kappa shape index (κ3) is 8.35. The number of nitrogens with one attached hydrogen (secondary N) is 2. The Balaban J connectivity index is 0.762. The average Bonchev–Trinajstić information content (AvgIpc) is 3.54. The highest BCUT2D eigenvalue weighted by Crippen LogP contribution is 2.46. The molecule has 8 rings (SSSR count). The number of piperidine rings is 4. The molecule has 2 N–H and O–H groups in total. The van der Waals surface area contributed by atoms with Gasteiger partial charge in [0.05, 0.1) is 10.6 Å². The lowest BCUT2D eigenvalue weighted by Crippen LogP contribution is -2.47. The van der Waals surface area contributed by atoms with Crippen molar-refractivity contribution in [1.82, 2.24) is 25.3 Å². The Morgan fingerprint density at radius 1 is 0.964 bits per heavy atom. The van der Waals surface area contributed by atoms with E-state index < -0.39 is 0 Å². The largest absolute Gasteiger partial charge is 0.374 e. The first-order valence-corrected chi connectivity index (χ1v) is 20.8. The van der Waals surface area contributed by atoms with E-state index in [2.05, 4.69) is 66.7 Å². The first-order valence-electron chi connectivity index (χ1n) is 20.4. The minimum atomic E-state index is -0.377. The van der Waals surface area contributed by atoms with E-state index in [0.717, 1.165) is 114 Å². The van der Waals surface area contributed by atoms with Gasteiger partial charge in [0, 0.05) is 63.1 Å². The number of likely N-dealkylation sites (tertiary alicyclic amines) is 2. The molecular weight excluding hydrogens is 726 g/mol. The summed E-state index contributed by atoms with van der Waals surface area (Å²) >= 11 is 6.37. The number of halogens is 1. The molecular formula is C43H52ClN9O3. The number of nitriles is 1. The van der Waals surface area contributed by atoms with Crippen molar-refractivity contribution < 1.29 is 14.4 Å². The van der Waals surface area contributed by atoms with Crippen LogP contribution in [0.1, 0.15) is 92.2 Å². The molecule has 5 aliphatic rings. The molecule has 294 valence electrons. The number of aromatic nitrogens is 2. The smallest absolute Gasteiger partial charge is 0.274 e. The number of hydrogen-bond donors (Lipinski definition) is 2. The van der Waals surface area contributed by atoms with E-state index in [-0.39, 0.29) is 29.2 Å². The molecule has 1 aromatic heterocycles. The predicted molar refractivity (Wildman–Crippen MR) is 217 cm³/mol. The van der Waals surface area contributed by atoms with E-state index >= 15 is 0 Å². The van der Waals surface area contributed by atoms with Crippen LogP contribution in [0.3, 0.4) is 0 Å². The second-order valence-electron chi connectivity index (χ2n) is 16.8. The molecule has 3 amide bonds. The molecule has 3 aromatic rings. The van der Waals surface area contributed by atoms with Crippen molar-refractivity contribution in [2.75, 3.05) is 67.5 Å². The van der Waals surface area contributed by atoms with Crippen LogP contribution >= 0.6 is 11.6 Å². The summed E-state index contributed by atoms with van der Waals surface area (Å²) < 4.78 is 0. The normalized spacial score (nSPS) is 23.6. The van der Waals surface area contributed by atoms with Crippen molar-refractivity contribution in [3.05, 3.63) is 76.4 Å². The van der Waals surface area contributed by atoms with Crippen LogP contribution in [-0.4, -0.2) is 102 Å². The molecule has 1 spiro atoms. The van der Waals surface area contributed by atoms with Gasteiger partial charge < -0.3 is 24.9 Å². The van der Waals surface area contributed by atoms with Crippen LogP contribution in [-0.2, 0) is 9.59 Å². The van der Waals surface area contributed by atoms with E-state index in [1.807, 2.05) is 41.3 Å². The summed E-state index contributed by atoms with van der Waals surface area (Å²) in [7, 11) is 0. The van der Waals surface area contributed by atoms with Gasteiger partial charge in [0.15, 0.2) is 11.5 Å². The number of imide groups is 1. The summed E-state index contributed by atoms with van der Waals surface area (Å²) in [6.45, 7) is 9.72. The fraction of sp³-hybridized carbons (Fsp3) is 0.535. The number of rotatable bonds is 8. The molecule has 0 bridgehead atoms. The number of anilines is 3. The topological polar surface area (TPSA) is 138 Å². The summed E-state index contributed by atoms with van der Waals surface area (Å²) in [6, 6.07) is 20.1. The Morgan fingerprint density at radius 2 is 1.75 bits per heavy atom. The summed E-state index contributed by atoms with van der Waals surface area (Å²) in [5.41, 5.74) is 4.46. The number of benzene rings is 2. The van der Waals surface area contributed by atoms with Crippen molar-refractivity contribution in [2.45, 2.75) is 82.7 Å². The highest BCUT2D eigenvalue weighted by atomic mass is 35.5. The van der Waals surface area contributed by atoms with Gasteiger partial charge in [-0.15, -0.1) is 10.2 Å². The van der Waals surface area contributed by atoms with Crippen molar-refractivity contribution in [1.29, 1.82) is 5.26 Å². The van der Waals surface area contributed by atoms with Crippen LogP contribution in [0.15, 0.2) is 54.6 Å². The summed E-state index contributed by atoms with van der Waals surface area (Å²) in [5, 5.41) is 24.5. The zero-order valence-electron chi connectivity index (χ0n) is 32.3. The molecule has 2 aromatic carbocycles. The van der Waals surface area contributed by atoms with Gasteiger partial charge in [-0.1, -0.05) is 23.7 Å². The highest BCUT2D eigenvalue weighted by molar-refractivity contribution is 6.32. The minimum Gasteiger partial charge on any atom is -0.374 e. The fourth-order valence-corrected chi connectivity index (χ4v) is 10.0. The van der Waals surface area contributed by atoms with Crippen LogP contribution < -0.4 is 20.4 Å². The van der Waals surface area contributed by atoms with E-state index in [9.17, 15) is 19.6 Å². The van der Waals surface area contributed by atoms with Gasteiger partial charge in [0.1, 0.15) is 12.1 Å². The number of amides is 3. The Morgan fingerprint density at radius 3 is 2.45 bits per heavy atom. The predicted octanol–water partition coefficient (Wildman–Crippen LogP) is 5.84. The third-order valence-electron chi connectivity index (χ3n) is 13.1. The van der Waals surface area contributed by atoms with Gasteiger partial charge in [0.2, 0.25) is 11.8 Å². The Hall–Kier alpha value is -4.73. The summed E-state index contributed by atoms with van der Waals surface area (Å²) in [5.74, 6) is 1.41. The number of carbonyl (C=O) groups excluding carboxylic acids is 3. The minimum absolute atomic E-state index is 0.0295. The SMILES string of the molecule is C[C@@H]1CC2(CCN(c3ccc(C(=O)N4CCC(CN5CCC(c6cccc(NC7CCC(=O)NC7=O)c6)CC5)CC4)nn3)CC2)CN1c1ccc(C#N)c(Cl)c1. The summed E-state index contributed by atoms with van der Waals surface area (Å²) in [4.78, 5) is 46.5. The fourth-order valence-electron chi connectivity index (χ4n) is 9.83. The molecule has 5 fully saturated rings. The van der Waals surface area contributed by atoms with E-state index in [1.165, 1.54) is 5.56 Å². The van der Waals surface area contributed by atoms with Crippen LogP contribution in [0.5, 0.6) is 0 Å². The average molecular weight is 778 g/mol. The first kappa shape index (κ1) is 38.2. The second kappa shape index (κ2) is 16.4. The van der Waals surface area contributed by atoms with Gasteiger partial charge in [-0.3, -0.25) is 19.7 Å². The first-order chi connectivity index (χ1) is 27.1. The highest BCUT2D eigenvalue weighted by Gasteiger charge is 2.44. The maximum Gasteiger partial charge on any atom is 0.274 e. The maximum atomic E-state index is 13.5. The standard InChI is InChI=1S/C43H52ClN9O3/c1-29-25-43(28-53(29)35-6-5-33(26-45)36(44)24-35)15-21-51(22-16-43)39-9-7-38(48-49-39)42(56)52-19-11-30(12-20-52)27-50-17-13-31(14-18-50)32-3-2-4-34(23-32)46-37-8-10-40(54)47-41(37)55/h2-7,9,23-24,29-31,37,46H,8,10-22,25,27-28H2,1H3,(H,47,54,55)/t29-,37?/m1/s1. The molecule has 12 nitrogen and oxygen atoms in total. The van der Waals surface area contributed by atoms with Crippen LogP contribution in [0, 0.1) is 22.7 Å². The monoisotopic (exact) mass is 777 g/mol. The molecule has 0 aliphatic carbocycles. The summed E-state index contributed by atoms with van der Waals surface area (Å²) in [6.07, 6.45) is 8.31. The van der Waals surface area contributed by atoms with Crippen LogP contribution in [0.4, 0.5) is 17.2 Å². The lowest BCUT2D eigenvalue weighted by molar-refractivity contribution is -0.133. The van der Waals surface area contributed by atoms with Crippen LogP contribution in [0.2, 0.25) is 5.02 Å². The Labute approximate surface area is 334 Å². The molecule has 1 unspecified atom stereocenters. The van der Waals surface area contributed by atoms with Crippen molar-refractivity contribution >= 4 is 46.5 Å². The molecule has 13 heteroatoms. The Kier molecular flexibility index (Phi) is 11.2. The third-order valence-corrected chi connectivity index (χ3v) is 13.4. The maximum absolute atomic E-state index is 13.5. The number of nitrogens with zero attached hydrogens (tertiary/aromatic N) is 7. The Bertz CT molecular complexity index is 1960. The molecule has 5 saturated heterocycles. The lowest BCUT2D eigenvalue weighted by atomic mass is 9.77. The molecule has 0 saturated carbocycles. The van der Waals surface area contributed by atoms with Crippen molar-refractivity contribution in [3.63, 3.8) is 0 Å². The number of carbonyl (C=O) groups is 3. The van der Waals surface area contributed by atoms with Gasteiger partial charge in [-0.25, -0.2) is 0 Å². The second-order valence-corrected chi connectivity index (χ2v) is 17.2. The van der Waals surface area contributed by atoms with Crippen molar-refractivity contribution in [3.8, 4) is 6.07 Å². The van der Waals surface area contributed by atoms with Gasteiger partial charge in [-0.2, -0.15) is 5.26 Å². The zero-order chi connectivity index (χ0) is 38.8. The quantitative estimate of drug-likeness (QED) is 0.269. The molecule has 6 heterocycles. The van der Waals surface area contributed by atoms with Crippen molar-refractivity contribution in [2.24, 2.45) is 11.3 Å². The molecule has 0 radical (unpaired) electrons. The van der Waals surface area contributed by atoms with E-state index in [4.69, 9.17) is 11.6 Å². The van der Waals surface area contributed by atoms with Crippen LogP contribution in [0.25, 0.3) is 0 Å². The molecule has 2 atom stereocenters.